The molecule has 2 saturated heterocycles. The average molecular weight is 171 g/mol. The van der Waals surface area contributed by atoms with Gasteiger partial charge in [-0.15, -0.1) is 0 Å². The van der Waals surface area contributed by atoms with Crippen LogP contribution in [0.3, 0.4) is 0 Å². The second-order valence-electron chi connectivity index (χ2n) is 3.61. The molecule has 70 valence electrons. The standard InChI is InChI=1S/C9H17NO2/c1-2-8(10-4-1)6-12-9-3-5-11-7-9/h8-10H,1-7H2/t8-,9?/m1/s1. The number of ether oxygens (including phenoxy) is 2. The van der Waals surface area contributed by atoms with Gasteiger partial charge in [0.1, 0.15) is 0 Å². The van der Waals surface area contributed by atoms with Crippen molar-refractivity contribution in [2.45, 2.75) is 31.4 Å². The molecule has 0 amide bonds. The van der Waals surface area contributed by atoms with Gasteiger partial charge < -0.3 is 14.8 Å². The van der Waals surface area contributed by atoms with E-state index >= 15 is 0 Å². The van der Waals surface area contributed by atoms with Gasteiger partial charge in [-0.1, -0.05) is 0 Å². The van der Waals surface area contributed by atoms with E-state index in [0.717, 1.165) is 32.8 Å². The third-order valence-electron chi connectivity index (χ3n) is 2.58. The Morgan fingerprint density at radius 1 is 1.42 bits per heavy atom. The van der Waals surface area contributed by atoms with Gasteiger partial charge in [0, 0.05) is 12.6 Å². The first kappa shape index (κ1) is 8.48. The van der Waals surface area contributed by atoms with E-state index in [-0.39, 0.29) is 0 Å². The Morgan fingerprint density at radius 2 is 2.42 bits per heavy atom. The maximum atomic E-state index is 5.70. The van der Waals surface area contributed by atoms with Gasteiger partial charge >= 0.3 is 0 Å². The van der Waals surface area contributed by atoms with E-state index in [1.165, 1.54) is 12.8 Å². The normalized spacial score (nSPS) is 36.0. The Kier molecular flexibility index (Phi) is 2.98. The summed E-state index contributed by atoms with van der Waals surface area (Å²) >= 11 is 0. The maximum absolute atomic E-state index is 5.70. The highest BCUT2D eigenvalue weighted by atomic mass is 16.5. The van der Waals surface area contributed by atoms with Crippen molar-refractivity contribution in [2.24, 2.45) is 0 Å². The van der Waals surface area contributed by atoms with Crippen molar-refractivity contribution in [1.82, 2.24) is 5.32 Å². The molecule has 0 aliphatic carbocycles. The van der Waals surface area contributed by atoms with Gasteiger partial charge in [-0.05, 0) is 25.8 Å². The van der Waals surface area contributed by atoms with E-state index < -0.39 is 0 Å². The lowest BCUT2D eigenvalue weighted by Crippen LogP contribution is -2.29. The van der Waals surface area contributed by atoms with Crippen LogP contribution in [0.25, 0.3) is 0 Å². The first-order valence-electron chi connectivity index (χ1n) is 4.88. The molecule has 2 fully saturated rings. The highest BCUT2D eigenvalue weighted by Crippen LogP contribution is 2.11. The summed E-state index contributed by atoms with van der Waals surface area (Å²) in [6.07, 6.45) is 4.02. The highest BCUT2D eigenvalue weighted by molar-refractivity contribution is 4.74. The lowest BCUT2D eigenvalue weighted by atomic mass is 10.2. The molecule has 12 heavy (non-hydrogen) atoms. The molecule has 2 heterocycles. The van der Waals surface area contributed by atoms with Crippen LogP contribution < -0.4 is 5.32 Å². The Morgan fingerprint density at radius 3 is 3.08 bits per heavy atom. The Hall–Kier alpha value is -0.120. The predicted octanol–water partition coefficient (Wildman–Crippen LogP) is 0.544. The van der Waals surface area contributed by atoms with Gasteiger partial charge in [-0.3, -0.25) is 0 Å². The zero-order chi connectivity index (χ0) is 8.23. The molecule has 2 atom stereocenters. The molecule has 0 saturated carbocycles. The van der Waals surface area contributed by atoms with Gasteiger partial charge in [0.15, 0.2) is 0 Å². The van der Waals surface area contributed by atoms with Gasteiger partial charge in [0.2, 0.25) is 0 Å². The molecule has 0 aromatic rings. The minimum atomic E-state index is 0.368. The zero-order valence-electron chi connectivity index (χ0n) is 7.42. The molecule has 2 aliphatic rings. The van der Waals surface area contributed by atoms with Gasteiger partial charge in [0.05, 0.1) is 19.3 Å². The van der Waals surface area contributed by atoms with E-state index in [2.05, 4.69) is 5.32 Å². The highest BCUT2D eigenvalue weighted by Gasteiger charge is 2.19. The minimum Gasteiger partial charge on any atom is -0.379 e. The van der Waals surface area contributed by atoms with E-state index in [9.17, 15) is 0 Å². The van der Waals surface area contributed by atoms with Crippen molar-refractivity contribution in [1.29, 1.82) is 0 Å². The summed E-state index contributed by atoms with van der Waals surface area (Å²) in [6, 6.07) is 0.602. The fourth-order valence-electron chi connectivity index (χ4n) is 1.80. The van der Waals surface area contributed by atoms with Crippen molar-refractivity contribution >= 4 is 0 Å². The zero-order valence-corrected chi connectivity index (χ0v) is 7.42. The molecule has 2 rings (SSSR count). The third-order valence-corrected chi connectivity index (χ3v) is 2.58. The first-order valence-corrected chi connectivity index (χ1v) is 4.88. The van der Waals surface area contributed by atoms with Crippen molar-refractivity contribution in [3.05, 3.63) is 0 Å². The molecule has 0 radical (unpaired) electrons. The molecule has 2 aliphatic heterocycles. The minimum absolute atomic E-state index is 0.368. The summed E-state index contributed by atoms with van der Waals surface area (Å²) in [5, 5.41) is 3.41. The fourth-order valence-corrected chi connectivity index (χ4v) is 1.80. The smallest absolute Gasteiger partial charge is 0.0831 e. The maximum Gasteiger partial charge on any atom is 0.0831 e. The summed E-state index contributed by atoms with van der Waals surface area (Å²) in [7, 11) is 0. The van der Waals surface area contributed by atoms with Gasteiger partial charge in [0.25, 0.3) is 0 Å². The molecule has 3 nitrogen and oxygen atoms in total. The molecule has 0 aromatic carbocycles. The van der Waals surface area contributed by atoms with Crippen LogP contribution >= 0.6 is 0 Å². The Bertz CT molecular complexity index is 112. The molecule has 1 unspecified atom stereocenters. The Labute approximate surface area is 73.4 Å². The summed E-state index contributed by atoms with van der Waals surface area (Å²) < 4.78 is 10.9. The average Bonchev–Trinajstić information content (AvgIpc) is 2.74. The molecule has 0 spiro atoms. The quantitative estimate of drug-likeness (QED) is 0.672. The fraction of sp³-hybridized carbons (Fsp3) is 1.00. The molecule has 3 heteroatoms. The second kappa shape index (κ2) is 4.21. The van der Waals surface area contributed by atoms with E-state index in [1.54, 1.807) is 0 Å². The molecular formula is C9H17NO2. The van der Waals surface area contributed by atoms with E-state index in [1.807, 2.05) is 0 Å². The number of nitrogens with one attached hydrogen (secondary N) is 1. The SMILES string of the molecule is C1CN[C@@H](COC2CCOC2)C1. The Balaban J connectivity index is 1.60. The first-order chi connectivity index (χ1) is 5.95. The van der Waals surface area contributed by atoms with Crippen LogP contribution in [0.15, 0.2) is 0 Å². The topological polar surface area (TPSA) is 30.5 Å². The van der Waals surface area contributed by atoms with Crippen LogP contribution in [0.2, 0.25) is 0 Å². The second-order valence-corrected chi connectivity index (χ2v) is 3.61. The van der Waals surface area contributed by atoms with Crippen LogP contribution in [0.1, 0.15) is 19.3 Å². The van der Waals surface area contributed by atoms with Gasteiger partial charge in [-0.2, -0.15) is 0 Å². The van der Waals surface area contributed by atoms with Crippen molar-refractivity contribution in [3.63, 3.8) is 0 Å². The van der Waals surface area contributed by atoms with Crippen LogP contribution in [0.5, 0.6) is 0 Å². The number of rotatable bonds is 3. The largest absolute Gasteiger partial charge is 0.379 e. The molecule has 0 aromatic heterocycles. The third kappa shape index (κ3) is 2.19. The van der Waals surface area contributed by atoms with E-state index in [4.69, 9.17) is 9.47 Å². The summed E-state index contributed by atoms with van der Waals surface area (Å²) in [5.41, 5.74) is 0. The summed E-state index contributed by atoms with van der Waals surface area (Å²) in [4.78, 5) is 0. The lowest BCUT2D eigenvalue weighted by Gasteiger charge is -2.14. The van der Waals surface area contributed by atoms with E-state index in [0.29, 0.717) is 12.1 Å². The van der Waals surface area contributed by atoms with Crippen LogP contribution in [0.4, 0.5) is 0 Å². The van der Waals surface area contributed by atoms with Gasteiger partial charge in [-0.25, -0.2) is 0 Å². The van der Waals surface area contributed by atoms with Crippen LogP contribution in [-0.2, 0) is 9.47 Å². The predicted molar refractivity (Wildman–Crippen MR) is 46.2 cm³/mol. The molecule has 1 N–H and O–H groups in total. The van der Waals surface area contributed by atoms with Crippen molar-refractivity contribution < 1.29 is 9.47 Å². The summed E-state index contributed by atoms with van der Waals surface area (Å²) in [6.45, 7) is 3.71. The molecular weight excluding hydrogens is 154 g/mol. The number of hydrogen-bond donors (Lipinski definition) is 1. The summed E-state index contributed by atoms with van der Waals surface area (Å²) in [5.74, 6) is 0. The lowest BCUT2D eigenvalue weighted by molar-refractivity contribution is 0.0326. The van der Waals surface area contributed by atoms with Crippen LogP contribution in [0, 0.1) is 0 Å². The van der Waals surface area contributed by atoms with Crippen LogP contribution in [-0.4, -0.2) is 38.5 Å². The van der Waals surface area contributed by atoms with Crippen molar-refractivity contribution in [3.8, 4) is 0 Å². The molecule has 0 bridgehead atoms. The van der Waals surface area contributed by atoms with Crippen molar-refractivity contribution in [2.75, 3.05) is 26.4 Å². The monoisotopic (exact) mass is 171 g/mol. The number of hydrogen-bond acceptors (Lipinski definition) is 3.